The zero-order chi connectivity index (χ0) is 11.9. The molecule has 1 aromatic rings. The van der Waals surface area contributed by atoms with E-state index in [0.29, 0.717) is 0 Å². The third-order valence-electron chi connectivity index (χ3n) is 4.69. The first-order valence-electron chi connectivity index (χ1n) is 7.33. The van der Waals surface area contributed by atoms with Crippen LogP contribution in [0.4, 0.5) is 5.69 Å². The summed E-state index contributed by atoms with van der Waals surface area (Å²) in [5.41, 5.74) is 2.59. The predicted molar refractivity (Wildman–Crippen MR) is 72.6 cm³/mol. The molecule has 0 amide bonds. The first-order valence-corrected chi connectivity index (χ1v) is 7.33. The Hall–Kier alpha value is -1.09. The average molecular weight is 243 g/mol. The van der Waals surface area contributed by atoms with Gasteiger partial charge < -0.3 is 10.2 Å². The standard InChI is InChI=1S/C15H21N3/c1-4-14-7-11(1)10-18(14)15-5-6-16-13(8-15)9-17-12-2-3-12/h5-6,8,11-12,14,17H,1-4,7,9-10H2. The van der Waals surface area contributed by atoms with Gasteiger partial charge in [0.1, 0.15) is 0 Å². The molecule has 1 aliphatic heterocycles. The summed E-state index contributed by atoms with van der Waals surface area (Å²) in [6, 6.07) is 6.04. The van der Waals surface area contributed by atoms with Crippen LogP contribution in [0.3, 0.4) is 0 Å². The van der Waals surface area contributed by atoms with Crippen LogP contribution >= 0.6 is 0 Å². The summed E-state index contributed by atoms with van der Waals surface area (Å²) in [5.74, 6) is 0.955. The second kappa shape index (κ2) is 4.23. The van der Waals surface area contributed by atoms with E-state index < -0.39 is 0 Å². The molecular formula is C15H21N3. The highest BCUT2D eigenvalue weighted by molar-refractivity contribution is 5.49. The predicted octanol–water partition coefficient (Wildman–Crippen LogP) is 2.32. The number of hydrogen-bond donors (Lipinski definition) is 1. The molecule has 1 saturated heterocycles. The van der Waals surface area contributed by atoms with Crippen molar-refractivity contribution in [2.45, 2.75) is 50.7 Å². The van der Waals surface area contributed by atoms with Gasteiger partial charge in [-0.05, 0) is 50.2 Å². The zero-order valence-electron chi connectivity index (χ0n) is 10.8. The first-order chi connectivity index (χ1) is 8.88. The first kappa shape index (κ1) is 10.8. The number of anilines is 1. The molecule has 1 N–H and O–H groups in total. The molecule has 3 aliphatic rings. The van der Waals surface area contributed by atoms with E-state index in [1.165, 1.54) is 50.0 Å². The summed E-state index contributed by atoms with van der Waals surface area (Å²) in [6.45, 7) is 2.20. The van der Waals surface area contributed by atoms with E-state index in [4.69, 9.17) is 0 Å². The smallest absolute Gasteiger partial charge is 0.0562 e. The van der Waals surface area contributed by atoms with Gasteiger partial charge in [0.15, 0.2) is 0 Å². The lowest BCUT2D eigenvalue weighted by Crippen LogP contribution is -2.32. The van der Waals surface area contributed by atoms with Gasteiger partial charge in [0, 0.05) is 37.1 Å². The number of rotatable bonds is 4. The molecule has 18 heavy (non-hydrogen) atoms. The Morgan fingerprint density at radius 1 is 1.28 bits per heavy atom. The average Bonchev–Trinajstić information content (AvgIpc) is 3.00. The molecule has 2 saturated carbocycles. The molecule has 2 aliphatic carbocycles. The molecule has 0 aromatic carbocycles. The number of piperidine rings is 1. The molecule has 96 valence electrons. The van der Waals surface area contributed by atoms with Crippen molar-refractivity contribution in [3.05, 3.63) is 24.0 Å². The second-order valence-corrected chi connectivity index (χ2v) is 6.15. The third-order valence-corrected chi connectivity index (χ3v) is 4.69. The summed E-state index contributed by atoms with van der Waals surface area (Å²) < 4.78 is 0. The maximum Gasteiger partial charge on any atom is 0.0562 e. The van der Waals surface area contributed by atoms with Gasteiger partial charge in [0.05, 0.1) is 5.69 Å². The number of aromatic nitrogens is 1. The molecule has 3 fully saturated rings. The lowest BCUT2D eigenvalue weighted by molar-refractivity contribution is 0.553. The second-order valence-electron chi connectivity index (χ2n) is 6.15. The molecular weight excluding hydrogens is 222 g/mol. The largest absolute Gasteiger partial charge is 0.368 e. The number of fused-ring (bicyclic) bond motifs is 2. The summed E-state index contributed by atoms with van der Waals surface area (Å²) in [4.78, 5) is 7.09. The van der Waals surface area contributed by atoms with Gasteiger partial charge in [-0.3, -0.25) is 4.98 Å². The van der Waals surface area contributed by atoms with E-state index in [-0.39, 0.29) is 0 Å². The Labute approximate surface area is 109 Å². The maximum absolute atomic E-state index is 4.48. The molecule has 3 nitrogen and oxygen atoms in total. The van der Waals surface area contributed by atoms with Crippen LogP contribution in [0.15, 0.2) is 18.3 Å². The fraction of sp³-hybridized carbons (Fsp3) is 0.667. The van der Waals surface area contributed by atoms with Crippen LogP contribution in [0.2, 0.25) is 0 Å². The van der Waals surface area contributed by atoms with Gasteiger partial charge in [0.25, 0.3) is 0 Å². The van der Waals surface area contributed by atoms with Crippen LogP contribution in [0.1, 0.15) is 37.8 Å². The number of hydrogen-bond acceptors (Lipinski definition) is 3. The van der Waals surface area contributed by atoms with Crippen molar-refractivity contribution in [1.82, 2.24) is 10.3 Å². The van der Waals surface area contributed by atoms with Gasteiger partial charge >= 0.3 is 0 Å². The van der Waals surface area contributed by atoms with E-state index >= 15 is 0 Å². The minimum absolute atomic E-state index is 0.762. The highest BCUT2D eigenvalue weighted by Gasteiger charge is 2.37. The van der Waals surface area contributed by atoms with E-state index in [9.17, 15) is 0 Å². The van der Waals surface area contributed by atoms with Crippen molar-refractivity contribution < 1.29 is 0 Å². The van der Waals surface area contributed by atoms with Crippen molar-refractivity contribution >= 4 is 5.69 Å². The number of pyridine rings is 1. The Morgan fingerprint density at radius 3 is 2.94 bits per heavy atom. The van der Waals surface area contributed by atoms with Crippen LogP contribution in [-0.4, -0.2) is 23.6 Å². The fourth-order valence-corrected chi connectivity index (χ4v) is 3.52. The number of nitrogens with zero attached hydrogens (tertiary/aromatic N) is 2. The summed E-state index contributed by atoms with van der Waals surface area (Å²) in [6.07, 6.45) is 8.92. The van der Waals surface area contributed by atoms with Gasteiger partial charge in [-0.15, -0.1) is 0 Å². The van der Waals surface area contributed by atoms with Crippen molar-refractivity contribution in [3.63, 3.8) is 0 Å². The van der Waals surface area contributed by atoms with Crippen LogP contribution in [0.5, 0.6) is 0 Å². The molecule has 2 heterocycles. The topological polar surface area (TPSA) is 28.2 Å². The Balaban J connectivity index is 1.48. The SMILES string of the molecule is c1cc(N2CC3CCC2C3)cc(CNC2CC2)n1. The molecule has 4 rings (SSSR count). The monoisotopic (exact) mass is 243 g/mol. The Bertz CT molecular complexity index is 441. The normalized spacial score (nSPS) is 30.1. The summed E-state index contributed by atoms with van der Waals surface area (Å²) >= 11 is 0. The van der Waals surface area contributed by atoms with Gasteiger partial charge in [0.2, 0.25) is 0 Å². The summed E-state index contributed by atoms with van der Waals surface area (Å²) in [7, 11) is 0. The molecule has 3 heteroatoms. The lowest BCUT2D eigenvalue weighted by atomic mass is 10.1. The van der Waals surface area contributed by atoms with E-state index in [1.807, 2.05) is 6.20 Å². The maximum atomic E-state index is 4.48. The lowest BCUT2D eigenvalue weighted by Gasteiger charge is -2.29. The van der Waals surface area contributed by atoms with Gasteiger partial charge in [-0.1, -0.05) is 0 Å². The zero-order valence-corrected chi connectivity index (χ0v) is 10.8. The minimum atomic E-state index is 0.762. The highest BCUT2D eigenvalue weighted by Crippen LogP contribution is 2.40. The Kier molecular flexibility index (Phi) is 2.54. The third kappa shape index (κ3) is 2.01. The molecule has 0 radical (unpaired) electrons. The van der Waals surface area contributed by atoms with E-state index in [1.54, 1.807) is 0 Å². The molecule has 0 spiro atoms. The van der Waals surface area contributed by atoms with Gasteiger partial charge in [-0.25, -0.2) is 0 Å². The quantitative estimate of drug-likeness (QED) is 0.879. The van der Waals surface area contributed by atoms with Crippen LogP contribution in [-0.2, 0) is 6.54 Å². The summed E-state index contributed by atoms with van der Waals surface area (Å²) in [5, 5.41) is 3.54. The molecule has 2 unspecified atom stereocenters. The van der Waals surface area contributed by atoms with Crippen molar-refractivity contribution in [2.24, 2.45) is 5.92 Å². The molecule has 2 bridgehead atoms. The fourth-order valence-electron chi connectivity index (χ4n) is 3.52. The van der Waals surface area contributed by atoms with Gasteiger partial charge in [-0.2, -0.15) is 0 Å². The van der Waals surface area contributed by atoms with Crippen molar-refractivity contribution in [1.29, 1.82) is 0 Å². The van der Waals surface area contributed by atoms with E-state index in [2.05, 4.69) is 27.3 Å². The van der Waals surface area contributed by atoms with Crippen molar-refractivity contribution in [2.75, 3.05) is 11.4 Å². The van der Waals surface area contributed by atoms with Crippen LogP contribution < -0.4 is 10.2 Å². The highest BCUT2D eigenvalue weighted by atomic mass is 15.2. The van der Waals surface area contributed by atoms with Crippen molar-refractivity contribution in [3.8, 4) is 0 Å². The molecule has 1 aromatic heterocycles. The Morgan fingerprint density at radius 2 is 2.22 bits per heavy atom. The van der Waals surface area contributed by atoms with E-state index in [0.717, 1.165) is 24.5 Å². The van der Waals surface area contributed by atoms with Crippen LogP contribution in [0.25, 0.3) is 0 Å². The molecule has 2 atom stereocenters. The minimum Gasteiger partial charge on any atom is -0.368 e. The van der Waals surface area contributed by atoms with Crippen LogP contribution in [0, 0.1) is 5.92 Å². The number of nitrogens with one attached hydrogen (secondary N) is 1.